The average Bonchev–Trinajstić information content (AvgIpc) is 2.00. The van der Waals surface area contributed by atoms with Crippen molar-refractivity contribution >= 4 is 19.4 Å². The molecule has 0 aromatic rings. The molecule has 2 amide bonds. The van der Waals surface area contributed by atoms with Gasteiger partial charge in [-0.05, 0) is 0 Å². The Labute approximate surface area is 92.5 Å². The second-order valence-corrected chi connectivity index (χ2v) is 5.69. The van der Waals surface area contributed by atoms with Crippen LogP contribution < -0.4 is 10.5 Å². The van der Waals surface area contributed by atoms with Crippen molar-refractivity contribution < 1.29 is 9.59 Å². The minimum absolute atomic E-state index is 0.0725. The van der Waals surface area contributed by atoms with Crippen LogP contribution >= 0.6 is 0 Å². The van der Waals surface area contributed by atoms with Gasteiger partial charge in [0.2, 0.25) is 11.8 Å². The van der Waals surface area contributed by atoms with Gasteiger partial charge < -0.3 is 10.5 Å². The minimum atomic E-state index is -0.424. The predicted octanol–water partition coefficient (Wildman–Crippen LogP) is 0.577. The molecule has 86 valence electrons. The Morgan fingerprint density at radius 3 is 1.27 bits per heavy atom. The lowest BCUT2D eigenvalue weighted by molar-refractivity contribution is -0.127. The molecule has 0 aliphatic heterocycles. The van der Waals surface area contributed by atoms with Crippen molar-refractivity contribution in [2.75, 3.05) is 0 Å². The molecule has 0 rings (SSSR count). The molecule has 0 spiro atoms. The van der Waals surface area contributed by atoms with E-state index in [1.807, 2.05) is 41.5 Å². The number of hydrogen-bond acceptors (Lipinski definition) is 2. The number of carbonyl (C=O) groups excluding carboxylic acids is 2. The third-order valence-corrected chi connectivity index (χ3v) is 1.86. The first-order valence-electron chi connectivity index (χ1n) is 5.12. The molecule has 15 heavy (non-hydrogen) atoms. The van der Waals surface area contributed by atoms with E-state index >= 15 is 0 Å². The molecule has 2 N–H and O–H groups in total. The first-order chi connectivity index (χ1) is 6.55. The topological polar surface area (TPSA) is 58.2 Å². The van der Waals surface area contributed by atoms with Crippen molar-refractivity contribution in [3.05, 3.63) is 0 Å². The Balaban J connectivity index is 3.92. The van der Waals surface area contributed by atoms with Gasteiger partial charge in [-0.15, -0.1) is 0 Å². The Morgan fingerprint density at radius 1 is 0.800 bits per heavy atom. The Hall–Kier alpha value is -0.995. The van der Waals surface area contributed by atoms with Crippen molar-refractivity contribution in [3.8, 4) is 0 Å². The van der Waals surface area contributed by atoms with Crippen LogP contribution in [0, 0.1) is 10.8 Å². The first-order valence-corrected chi connectivity index (χ1v) is 5.12. The van der Waals surface area contributed by atoms with Crippen LogP contribution in [0.4, 0.5) is 0 Å². The summed E-state index contributed by atoms with van der Waals surface area (Å²) in [5, 5.41) is 5.31. The number of amides is 2. The summed E-state index contributed by atoms with van der Waals surface area (Å²) in [6, 6.07) is 0. The molecule has 0 atom stereocenters. The molecule has 0 unspecified atom stereocenters. The van der Waals surface area contributed by atoms with E-state index in [1.165, 1.54) is 0 Å². The van der Waals surface area contributed by atoms with Crippen LogP contribution in [0.25, 0.3) is 0 Å². The van der Waals surface area contributed by atoms with Crippen molar-refractivity contribution in [1.29, 1.82) is 0 Å². The highest BCUT2D eigenvalue weighted by atomic mass is 16.2. The van der Waals surface area contributed by atoms with Crippen molar-refractivity contribution in [2.45, 2.75) is 41.5 Å². The summed E-state index contributed by atoms with van der Waals surface area (Å²) in [7, 11) is 0.187. The molecule has 0 aromatic heterocycles. The largest absolute Gasteiger partial charge is 0.382 e. The Bertz CT molecular complexity index is 225. The van der Waals surface area contributed by atoms with E-state index in [0.29, 0.717) is 0 Å². The Morgan fingerprint density at radius 2 is 1.07 bits per heavy atom. The zero-order chi connectivity index (χ0) is 12.3. The lowest BCUT2D eigenvalue weighted by Crippen LogP contribution is -2.47. The van der Waals surface area contributed by atoms with Gasteiger partial charge in [0, 0.05) is 10.8 Å². The monoisotopic (exact) mass is 212 g/mol. The third kappa shape index (κ3) is 5.45. The second kappa shape index (κ2) is 4.68. The van der Waals surface area contributed by atoms with Gasteiger partial charge in [-0.2, -0.15) is 0 Å². The van der Waals surface area contributed by atoms with Crippen LogP contribution in [-0.4, -0.2) is 19.4 Å². The van der Waals surface area contributed by atoms with E-state index < -0.39 is 10.8 Å². The highest BCUT2D eigenvalue weighted by molar-refractivity contribution is 6.38. The van der Waals surface area contributed by atoms with E-state index in [2.05, 4.69) is 10.5 Å². The molecule has 0 saturated heterocycles. The average molecular weight is 212 g/mol. The van der Waals surface area contributed by atoms with Gasteiger partial charge in [-0.25, -0.2) is 0 Å². The summed E-state index contributed by atoms with van der Waals surface area (Å²) >= 11 is 0. The molecule has 0 saturated carbocycles. The summed E-state index contributed by atoms with van der Waals surface area (Å²) in [5.74, 6) is -0.145. The molecule has 0 bridgehead atoms. The SMILES string of the molecule is CC(C)(C)C(=O)NBNC(=O)C(C)(C)C. The van der Waals surface area contributed by atoms with Gasteiger partial charge in [0.05, 0.1) is 0 Å². The van der Waals surface area contributed by atoms with Crippen molar-refractivity contribution in [3.63, 3.8) is 0 Å². The van der Waals surface area contributed by atoms with Crippen molar-refractivity contribution in [2.24, 2.45) is 10.8 Å². The van der Waals surface area contributed by atoms with Crippen LogP contribution in [0.5, 0.6) is 0 Å². The molecular formula is C10H21BN2O2. The third-order valence-electron chi connectivity index (χ3n) is 1.86. The number of rotatable bonds is 2. The van der Waals surface area contributed by atoms with E-state index in [-0.39, 0.29) is 19.4 Å². The molecule has 0 aliphatic carbocycles. The quantitative estimate of drug-likeness (QED) is 0.657. The maximum atomic E-state index is 11.4. The fraction of sp³-hybridized carbons (Fsp3) is 0.800. The molecule has 0 heterocycles. The zero-order valence-corrected chi connectivity index (χ0v) is 10.5. The minimum Gasteiger partial charge on any atom is -0.382 e. The normalized spacial score (nSPS) is 11.9. The van der Waals surface area contributed by atoms with E-state index in [1.54, 1.807) is 0 Å². The van der Waals surface area contributed by atoms with E-state index in [4.69, 9.17) is 0 Å². The van der Waals surface area contributed by atoms with Crippen LogP contribution in [0.1, 0.15) is 41.5 Å². The Kier molecular flexibility index (Phi) is 4.37. The number of nitrogens with one attached hydrogen (secondary N) is 2. The summed E-state index contributed by atoms with van der Waals surface area (Å²) in [5.41, 5.74) is -0.848. The molecule has 4 nitrogen and oxygen atoms in total. The van der Waals surface area contributed by atoms with Crippen molar-refractivity contribution in [1.82, 2.24) is 10.5 Å². The van der Waals surface area contributed by atoms with Gasteiger partial charge in [0.1, 0.15) is 0 Å². The summed E-state index contributed by atoms with van der Waals surface area (Å²) in [4.78, 5) is 22.9. The van der Waals surface area contributed by atoms with E-state index in [9.17, 15) is 9.59 Å². The fourth-order valence-corrected chi connectivity index (χ4v) is 0.735. The van der Waals surface area contributed by atoms with Gasteiger partial charge >= 0.3 is 7.55 Å². The first kappa shape index (κ1) is 14.0. The smallest absolute Gasteiger partial charge is 0.355 e. The van der Waals surface area contributed by atoms with Crippen LogP contribution in [0.3, 0.4) is 0 Å². The lowest BCUT2D eigenvalue weighted by atomic mass is 9.91. The predicted molar refractivity (Wildman–Crippen MR) is 62.3 cm³/mol. The van der Waals surface area contributed by atoms with E-state index in [0.717, 1.165) is 0 Å². The number of carbonyl (C=O) groups is 2. The summed E-state index contributed by atoms with van der Waals surface area (Å²) in [6.07, 6.45) is 0. The maximum Gasteiger partial charge on any atom is 0.355 e. The zero-order valence-electron chi connectivity index (χ0n) is 10.5. The van der Waals surface area contributed by atoms with Crippen LogP contribution in [0.15, 0.2) is 0 Å². The van der Waals surface area contributed by atoms with Crippen LogP contribution in [0.2, 0.25) is 0 Å². The standard InChI is InChI=1S/C10H21BN2O2/c1-9(2,3)7(14)12-11-13-8(15)10(4,5)6/h11H,1-6H3,(H,12,14)(H,13,15). The molecule has 0 aliphatic rings. The van der Waals surface area contributed by atoms with Gasteiger partial charge in [0.15, 0.2) is 0 Å². The van der Waals surface area contributed by atoms with Gasteiger partial charge in [0.25, 0.3) is 0 Å². The summed E-state index contributed by atoms with van der Waals surface area (Å²) in [6.45, 7) is 11.0. The molecular weight excluding hydrogens is 191 g/mol. The maximum absolute atomic E-state index is 11.4. The second-order valence-electron chi connectivity index (χ2n) is 5.69. The van der Waals surface area contributed by atoms with Gasteiger partial charge in [-0.1, -0.05) is 41.5 Å². The highest BCUT2D eigenvalue weighted by Crippen LogP contribution is 2.13. The number of hydrogen-bond donors (Lipinski definition) is 2. The van der Waals surface area contributed by atoms with Gasteiger partial charge in [-0.3, -0.25) is 9.59 Å². The lowest BCUT2D eigenvalue weighted by Gasteiger charge is -2.20. The summed E-state index contributed by atoms with van der Waals surface area (Å²) < 4.78 is 0. The molecule has 0 aromatic carbocycles. The molecule has 0 radical (unpaired) electrons. The molecule has 0 fully saturated rings. The fourth-order valence-electron chi connectivity index (χ4n) is 0.735. The molecule has 5 heteroatoms. The van der Waals surface area contributed by atoms with Crippen LogP contribution in [-0.2, 0) is 9.59 Å². The highest BCUT2D eigenvalue weighted by Gasteiger charge is 2.23.